The van der Waals surface area contributed by atoms with Gasteiger partial charge >= 0.3 is 0 Å². The molecule has 3 aromatic rings. The van der Waals surface area contributed by atoms with Crippen LogP contribution in [-0.2, 0) is 0 Å². The number of amides is 1. The fraction of sp³-hybridized carbons (Fsp3) is 0.333. The van der Waals surface area contributed by atoms with Gasteiger partial charge in [0, 0.05) is 44.8 Å². The van der Waals surface area contributed by atoms with E-state index in [4.69, 9.17) is 9.72 Å². The van der Waals surface area contributed by atoms with E-state index in [9.17, 15) is 4.79 Å². The van der Waals surface area contributed by atoms with Crippen LogP contribution in [0.5, 0.6) is 5.75 Å². The molecule has 4 rings (SSSR count). The first kappa shape index (κ1) is 20.8. The van der Waals surface area contributed by atoms with Crippen LogP contribution in [0.4, 0.5) is 5.95 Å². The minimum Gasteiger partial charge on any atom is -0.496 e. The topological polar surface area (TPSA) is 71.5 Å². The number of ether oxygens (including phenoxy) is 1. The molecule has 160 valence electrons. The van der Waals surface area contributed by atoms with E-state index in [0.717, 1.165) is 35.2 Å². The predicted octanol–water partition coefficient (Wildman–Crippen LogP) is 3.90. The second-order valence-electron chi connectivity index (χ2n) is 7.91. The van der Waals surface area contributed by atoms with Crippen LogP contribution in [0.25, 0.3) is 11.1 Å². The summed E-state index contributed by atoms with van der Waals surface area (Å²) in [5.74, 6) is 1.22. The van der Waals surface area contributed by atoms with E-state index in [1.165, 1.54) is 0 Å². The number of carbonyl (C=O) groups is 1. The Hall–Kier alpha value is -3.48. The summed E-state index contributed by atoms with van der Waals surface area (Å²) < 4.78 is 5.55. The number of likely N-dealkylation sites (tertiary alicyclic amines) is 1. The number of benzene rings is 1. The first-order chi connectivity index (χ1) is 15.0. The molecule has 1 aromatic carbocycles. The smallest absolute Gasteiger partial charge is 0.258 e. The summed E-state index contributed by atoms with van der Waals surface area (Å²) >= 11 is 0. The number of nitrogens with zero attached hydrogens (tertiary/aromatic N) is 5. The molecular formula is C24H27N5O2. The Morgan fingerprint density at radius 3 is 2.68 bits per heavy atom. The maximum atomic E-state index is 13.6. The summed E-state index contributed by atoms with van der Waals surface area (Å²) in [6.07, 6.45) is 7.13. The molecule has 2 aromatic heterocycles. The summed E-state index contributed by atoms with van der Waals surface area (Å²) in [5.41, 5.74) is 4.30. The highest BCUT2D eigenvalue weighted by Crippen LogP contribution is 2.38. The van der Waals surface area contributed by atoms with Crippen LogP contribution < -0.4 is 9.64 Å². The van der Waals surface area contributed by atoms with Crippen molar-refractivity contribution in [3.63, 3.8) is 0 Å². The summed E-state index contributed by atoms with van der Waals surface area (Å²) in [5, 5.41) is 0. The number of para-hydroxylation sites is 1. The number of hydrogen-bond donors (Lipinski definition) is 0. The number of pyridine rings is 1. The van der Waals surface area contributed by atoms with Crippen molar-refractivity contribution in [2.75, 3.05) is 32.6 Å². The molecule has 1 saturated heterocycles. The molecule has 0 radical (unpaired) electrons. The minimum absolute atomic E-state index is 0.0336. The average molecular weight is 418 g/mol. The lowest BCUT2D eigenvalue weighted by atomic mass is 10.00. The van der Waals surface area contributed by atoms with Crippen molar-refractivity contribution in [3.8, 4) is 16.9 Å². The number of anilines is 1. The second-order valence-corrected chi connectivity index (χ2v) is 7.91. The van der Waals surface area contributed by atoms with Crippen molar-refractivity contribution in [2.45, 2.75) is 25.8 Å². The molecule has 7 heteroatoms. The third-order valence-electron chi connectivity index (χ3n) is 5.67. The molecule has 7 nitrogen and oxygen atoms in total. The van der Waals surface area contributed by atoms with Crippen LogP contribution in [0, 0.1) is 6.92 Å². The van der Waals surface area contributed by atoms with Gasteiger partial charge in [-0.25, -0.2) is 9.97 Å². The molecule has 1 aliphatic heterocycles. The third-order valence-corrected chi connectivity index (χ3v) is 5.67. The van der Waals surface area contributed by atoms with Gasteiger partial charge in [0.05, 0.1) is 24.4 Å². The highest BCUT2D eigenvalue weighted by Gasteiger charge is 2.35. The van der Waals surface area contributed by atoms with Crippen LogP contribution in [-0.4, -0.2) is 53.5 Å². The Morgan fingerprint density at radius 1 is 1.19 bits per heavy atom. The molecule has 0 saturated carbocycles. The predicted molar refractivity (Wildman–Crippen MR) is 120 cm³/mol. The van der Waals surface area contributed by atoms with Gasteiger partial charge in [-0.1, -0.05) is 12.1 Å². The fourth-order valence-corrected chi connectivity index (χ4v) is 4.15. The summed E-state index contributed by atoms with van der Waals surface area (Å²) in [7, 11) is 5.44. The van der Waals surface area contributed by atoms with Crippen LogP contribution in [0.1, 0.15) is 40.5 Å². The third kappa shape index (κ3) is 3.95. The molecule has 1 atom stereocenters. The van der Waals surface area contributed by atoms with Crippen molar-refractivity contribution >= 4 is 11.9 Å². The number of carbonyl (C=O) groups excluding carboxylic acids is 1. The molecule has 3 heterocycles. The van der Waals surface area contributed by atoms with E-state index in [-0.39, 0.29) is 11.9 Å². The molecule has 0 unspecified atom stereocenters. The number of aryl methyl sites for hydroxylation is 1. The van der Waals surface area contributed by atoms with Crippen molar-refractivity contribution in [2.24, 2.45) is 0 Å². The Morgan fingerprint density at radius 2 is 1.97 bits per heavy atom. The molecule has 0 spiro atoms. The minimum atomic E-state index is -0.136. The van der Waals surface area contributed by atoms with E-state index in [0.29, 0.717) is 23.8 Å². The van der Waals surface area contributed by atoms with Crippen LogP contribution >= 0.6 is 0 Å². The van der Waals surface area contributed by atoms with Crippen molar-refractivity contribution in [1.29, 1.82) is 0 Å². The van der Waals surface area contributed by atoms with Gasteiger partial charge in [0.15, 0.2) is 0 Å². The van der Waals surface area contributed by atoms with Gasteiger partial charge in [-0.2, -0.15) is 0 Å². The quantitative estimate of drug-likeness (QED) is 0.627. The summed E-state index contributed by atoms with van der Waals surface area (Å²) in [6, 6.07) is 9.44. The first-order valence-electron chi connectivity index (χ1n) is 10.4. The molecule has 31 heavy (non-hydrogen) atoms. The standard InChI is InChI=1S/C24H27N5O2/c1-16-7-5-8-18(22(16)31-4)23(30)29-14-6-9-20(29)21-19(17-10-12-25-13-11-17)15-26-24(27-21)28(2)3/h5,7-8,10-13,15,20H,6,9,14H2,1-4H3/t20-/m0/s1. The lowest BCUT2D eigenvalue weighted by molar-refractivity contribution is 0.0729. The maximum absolute atomic E-state index is 13.6. The van der Waals surface area contributed by atoms with Crippen LogP contribution in [0.2, 0.25) is 0 Å². The van der Waals surface area contributed by atoms with E-state index in [1.54, 1.807) is 19.5 Å². The molecule has 0 N–H and O–H groups in total. The Balaban J connectivity index is 1.79. The Kier molecular flexibility index (Phi) is 5.84. The fourth-order valence-electron chi connectivity index (χ4n) is 4.15. The molecule has 1 amide bonds. The number of methoxy groups -OCH3 is 1. The number of aromatic nitrogens is 3. The molecule has 0 aliphatic carbocycles. The van der Waals surface area contributed by atoms with Crippen LogP contribution in [0.15, 0.2) is 48.9 Å². The highest BCUT2D eigenvalue weighted by molar-refractivity contribution is 5.98. The van der Waals surface area contributed by atoms with E-state index >= 15 is 0 Å². The number of hydrogen-bond acceptors (Lipinski definition) is 6. The zero-order chi connectivity index (χ0) is 22.0. The van der Waals surface area contributed by atoms with Crippen LogP contribution in [0.3, 0.4) is 0 Å². The normalized spacial score (nSPS) is 15.7. The molecule has 1 fully saturated rings. The van der Waals surface area contributed by atoms with E-state index in [2.05, 4.69) is 9.97 Å². The maximum Gasteiger partial charge on any atom is 0.258 e. The monoisotopic (exact) mass is 417 g/mol. The lowest BCUT2D eigenvalue weighted by Gasteiger charge is -2.27. The lowest BCUT2D eigenvalue weighted by Crippen LogP contribution is -2.32. The van der Waals surface area contributed by atoms with Gasteiger partial charge in [0.25, 0.3) is 5.91 Å². The van der Waals surface area contributed by atoms with Gasteiger partial charge in [-0.15, -0.1) is 0 Å². The van der Waals surface area contributed by atoms with Crippen molar-refractivity contribution < 1.29 is 9.53 Å². The first-order valence-corrected chi connectivity index (χ1v) is 10.4. The van der Waals surface area contributed by atoms with Crippen molar-refractivity contribution in [1.82, 2.24) is 19.9 Å². The van der Waals surface area contributed by atoms with Gasteiger partial charge in [-0.3, -0.25) is 9.78 Å². The second kappa shape index (κ2) is 8.71. The molecule has 1 aliphatic rings. The van der Waals surface area contributed by atoms with E-state index in [1.807, 2.05) is 67.3 Å². The Bertz CT molecular complexity index is 1080. The highest BCUT2D eigenvalue weighted by atomic mass is 16.5. The Labute approximate surface area is 182 Å². The number of rotatable bonds is 5. The SMILES string of the molecule is COc1c(C)cccc1C(=O)N1CCC[C@H]1c1nc(N(C)C)ncc1-c1ccncc1. The zero-order valence-electron chi connectivity index (χ0n) is 18.4. The largest absolute Gasteiger partial charge is 0.496 e. The molecule has 0 bridgehead atoms. The van der Waals surface area contributed by atoms with Gasteiger partial charge in [0.1, 0.15) is 5.75 Å². The summed E-state index contributed by atoms with van der Waals surface area (Å²) in [6.45, 7) is 2.63. The van der Waals surface area contributed by atoms with Gasteiger partial charge in [-0.05, 0) is 49.1 Å². The zero-order valence-corrected chi connectivity index (χ0v) is 18.4. The average Bonchev–Trinajstić information content (AvgIpc) is 3.28. The summed E-state index contributed by atoms with van der Waals surface area (Å²) in [4.78, 5) is 30.9. The molecular weight excluding hydrogens is 390 g/mol. The van der Waals surface area contributed by atoms with Crippen molar-refractivity contribution in [3.05, 3.63) is 65.7 Å². The van der Waals surface area contributed by atoms with Gasteiger partial charge in [0.2, 0.25) is 5.95 Å². The van der Waals surface area contributed by atoms with Gasteiger partial charge < -0.3 is 14.5 Å². The van der Waals surface area contributed by atoms with E-state index < -0.39 is 0 Å².